The van der Waals surface area contributed by atoms with E-state index in [1.54, 1.807) is 19.3 Å². The highest BCUT2D eigenvalue weighted by molar-refractivity contribution is 14.1. The minimum atomic E-state index is 0.0793. The Bertz CT molecular complexity index is 322. The van der Waals surface area contributed by atoms with Crippen molar-refractivity contribution in [3.63, 3.8) is 0 Å². The second kappa shape index (κ2) is 2.83. The molecule has 6 rings (SSSR count). The van der Waals surface area contributed by atoms with E-state index in [2.05, 4.69) is 39.5 Å². The summed E-state index contributed by atoms with van der Waals surface area (Å²) in [6.07, 6.45) is 7.99. The molecule has 0 aromatic rings. The van der Waals surface area contributed by atoms with E-state index in [1.807, 2.05) is 0 Å². The molecule has 3 nitrogen and oxygen atoms in total. The van der Waals surface area contributed by atoms with Crippen molar-refractivity contribution in [2.24, 2.45) is 16.4 Å². The Morgan fingerprint density at radius 2 is 1.73 bits per heavy atom. The maximum atomic E-state index is 8.13. The van der Waals surface area contributed by atoms with Crippen LogP contribution in [-0.4, -0.2) is 8.96 Å². The fourth-order valence-corrected chi connectivity index (χ4v) is 5.86. The van der Waals surface area contributed by atoms with Gasteiger partial charge in [0.2, 0.25) is 0 Å². The number of nitrogens with zero attached hydrogens (tertiary/aromatic N) is 3. The summed E-state index contributed by atoms with van der Waals surface area (Å²) in [6.45, 7) is 2.40. The first-order valence-electron chi connectivity index (χ1n) is 5.72. The first kappa shape index (κ1) is 10.2. The lowest BCUT2D eigenvalue weighted by molar-refractivity contribution is -0.0882. The minimum absolute atomic E-state index is 0.0793. The van der Waals surface area contributed by atoms with Crippen molar-refractivity contribution in [1.29, 1.82) is 0 Å². The Balaban J connectivity index is 0.000000104. The molecule has 0 aromatic carbocycles. The highest BCUT2D eigenvalue weighted by Crippen LogP contribution is 2.68. The normalized spacial score (nSPS) is 56.5. The van der Waals surface area contributed by atoms with E-state index in [0.29, 0.717) is 3.42 Å². The lowest BCUT2D eigenvalue weighted by Gasteiger charge is -2.65. The molecule has 0 radical (unpaired) electrons. The van der Waals surface area contributed by atoms with Crippen LogP contribution in [0.4, 0.5) is 0 Å². The molecule has 0 heterocycles. The van der Waals surface area contributed by atoms with E-state index >= 15 is 0 Å². The fourth-order valence-electron chi connectivity index (χ4n) is 3.73. The fraction of sp³-hybridized carbons (Fsp3) is 1.00. The van der Waals surface area contributed by atoms with Gasteiger partial charge >= 0.3 is 0 Å². The first-order valence-corrected chi connectivity index (χ1v) is 6.80. The smallest absolute Gasteiger partial charge is 0.0526 e. The summed E-state index contributed by atoms with van der Waals surface area (Å²) in [5.74, 6) is 1.18. The van der Waals surface area contributed by atoms with Gasteiger partial charge in [-0.05, 0) is 55.4 Å². The van der Waals surface area contributed by atoms with Crippen molar-refractivity contribution in [3.05, 3.63) is 10.4 Å². The number of hydrogen-bond acceptors (Lipinski definition) is 1. The monoisotopic (exact) mass is 317 g/mol. The van der Waals surface area contributed by atoms with Crippen LogP contribution in [0.2, 0.25) is 0 Å². The summed E-state index contributed by atoms with van der Waals surface area (Å²) in [5.41, 5.74) is 9.08. The van der Waals surface area contributed by atoms with Gasteiger partial charge in [0, 0.05) is 8.33 Å². The Morgan fingerprint density at radius 3 is 1.93 bits per heavy atom. The molecule has 0 aliphatic heterocycles. The maximum Gasteiger partial charge on any atom is 0.0526 e. The van der Waals surface area contributed by atoms with Gasteiger partial charge in [0.25, 0.3) is 0 Å². The molecule has 6 saturated carbocycles. The van der Waals surface area contributed by atoms with Crippen molar-refractivity contribution in [1.82, 2.24) is 0 Å². The van der Waals surface area contributed by atoms with E-state index < -0.39 is 0 Å². The van der Waals surface area contributed by atoms with Crippen LogP contribution in [0.5, 0.6) is 0 Å². The Labute approximate surface area is 104 Å². The molecule has 6 fully saturated rings. The minimum Gasteiger partial charge on any atom is -0.0871 e. The van der Waals surface area contributed by atoms with Crippen LogP contribution in [0.1, 0.15) is 45.4 Å². The third-order valence-electron chi connectivity index (χ3n) is 4.54. The molecule has 0 N–H and O–H groups in total. The van der Waals surface area contributed by atoms with Gasteiger partial charge in [0.05, 0.1) is 5.54 Å². The van der Waals surface area contributed by atoms with E-state index in [1.165, 1.54) is 5.92 Å². The third kappa shape index (κ3) is 1.48. The summed E-state index contributed by atoms with van der Waals surface area (Å²) >= 11 is 2.46. The lowest BCUT2D eigenvalue weighted by atomic mass is 9.46. The predicted molar refractivity (Wildman–Crippen MR) is 67.9 cm³/mol. The van der Waals surface area contributed by atoms with Gasteiger partial charge in [0.15, 0.2) is 0 Å². The number of azide groups is 1. The topological polar surface area (TPSA) is 48.8 Å². The number of halogens is 1. The molecule has 6 aliphatic rings. The molecule has 0 spiro atoms. The van der Waals surface area contributed by atoms with Crippen LogP contribution in [0.25, 0.3) is 10.4 Å². The number of hydrogen-bond donors (Lipinski definition) is 0. The highest BCUT2D eigenvalue weighted by Gasteiger charge is 2.66. The van der Waals surface area contributed by atoms with Crippen LogP contribution < -0.4 is 0 Å². The second-order valence-corrected chi connectivity index (χ2v) is 8.67. The third-order valence-corrected chi connectivity index (χ3v) is 5.68. The molecule has 15 heavy (non-hydrogen) atoms. The predicted octanol–water partition coefficient (Wildman–Crippen LogP) is 4.21. The van der Waals surface area contributed by atoms with Gasteiger partial charge in [0.1, 0.15) is 0 Å². The van der Waals surface area contributed by atoms with Crippen LogP contribution in [-0.2, 0) is 0 Å². The summed E-state index contributed by atoms with van der Waals surface area (Å²) in [5, 5.41) is 3.75. The van der Waals surface area contributed by atoms with Gasteiger partial charge in [-0.15, -0.1) is 0 Å². The van der Waals surface area contributed by atoms with Gasteiger partial charge < -0.3 is 0 Å². The summed E-state index contributed by atoms with van der Waals surface area (Å²) in [7, 11) is 0. The van der Waals surface area contributed by atoms with Crippen molar-refractivity contribution in [2.45, 2.75) is 54.4 Å². The molecule has 0 saturated heterocycles. The molecule has 0 atom stereocenters. The highest BCUT2D eigenvalue weighted by atomic mass is 127. The molecule has 0 aromatic heterocycles. The average Bonchev–Trinajstić information content (AvgIpc) is 1.95. The van der Waals surface area contributed by atoms with Crippen molar-refractivity contribution in [2.75, 3.05) is 0 Å². The summed E-state index contributed by atoms with van der Waals surface area (Å²) in [4.78, 5) is 2.82. The molecule has 4 bridgehead atoms. The second-order valence-electron chi connectivity index (χ2n) is 6.38. The quantitative estimate of drug-likeness (QED) is 0.229. The molecular formula is C11H16IN3. The Morgan fingerprint density at radius 1 is 1.27 bits per heavy atom. The molecule has 0 unspecified atom stereocenters. The van der Waals surface area contributed by atoms with Crippen molar-refractivity contribution >= 4 is 22.6 Å². The zero-order valence-corrected chi connectivity index (χ0v) is 11.2. The standard InChI is InChI=1S/C6H10.C5H6IN3/c1-6-2-5(3-6)4-6;6-4-1-5(2-4,3-4)8-9-7/h5H,2-4H2,1H3;1-3H2. The van der Waals surface area contributed by atoms with Gasteiger partial charge in [-0.2, -0.15) is 0 Å². The Kier molecular flexibility index (Phi) is 1.93. The summed E-state index contributed by atoms with van der Waals surface area (Å²) in [6, 6.07) is 0. The van der Waals surface area contributed by atoms with Crippen LogP contribution >= 0.6 is 22.6 Å². The van der Waals surface area contributed by atoms with Gasteiger partial charge in [-0.1, -0.05) is 34.6 Å². The van der Waals surface area contributed by atoms with Crippen LogP contribution in [0.15, 0.2) is 5.11 Å². The van der Waals surface area contributed by atoms with Gasteiger partial charge in [-0.25, -0.2) is 0 Å². The largest absolute Gasteiger partial charge is 0.0871 e. The van der Waals surface area contributed by atoms with Crippen molar-refractivity contribution < 1.29 is 0 Å². The van der Waals surface area contributed by atoms with E-state index in [9.17, 15) is 0 Å². The molecular weight excluding hydrogens is 301 g/mol. The summed E-state index contributed by atoms with van der Waals surface area (Å²) < 4.78 is 0.534. The van der Waals surface area contributed by atoms with E-state index in [-0.39, 0.29) is 5.54 Å². The molecule has 4 heteroatoms. The Hall–Kier alpha value is 0.0400. The zero-order chi connectivity index (χ0) is 10.7. The SMILES string of the molecule is CC12CC(C1)C2.[N-]=[N+]=NC12CC(I)(C1)C2. The maximum absolute atomic E-state index is 8.13. The lowest BCUT2D eigenvalue weighted by Crippen LogP contribution is -2.67. The van der Waals surface area contributed by atoms with Crippen LogP contribution in [0, 0.1) is 11.3 Å². The van der Waals surface area contributed by atoms with Crippen molar-refractivity contribution in [3.8, 4) is 0 Å². The van der Waals surface area contributed by atoms with E-state index in [0.717, 1.165) is 24.7 Å². The number of alkyl halides is 1. The molecule has 6 aliphatic carbocycles. The first-order chi connectivity index (χ1) is 6.97. The molecule has 82 valence electrons. The zero-order valence-electron chi connectivity index (χ0n) is 9.04. The van der Waals surface area contributed by atoms with Crippen LogP contribution in [0.3, 0.4) is 0 Å². The number of rotatable bonds is 1. The average molecular weight is 317 g/mol. The molecule has 0 amide bonds. The van der Waals surface area contributed by atoms with Gasteiger partial charge in [-0.3, -0.25) is 0 Å². The van der Waals surface area contributed by atoms with E-state index in [4.69, 9.17) is 5.53 Å².